The van der Waals surface area contributed by atoms with Gasteiger partial charge < -0.3 is 23.1 Å². The fraction of sp³-hybridized carbons (Fsp3) is 0.630. The standard InChI is InChI=1S/C27H44O6SSi2/c1-26(2,3)35(8,9)32-21-17-19(24(28)29-7)18-22(33-36(10,11)27(4,5)6)23(21)31-25(34)30-20-15-13-12-14-16-20/h12-17,21-23H,18H2,1-11H3/t21-,22-,23-/m1/s1. The van der Waals surface area contributed by atoms with Gasteiger partial charge in [0.15, 0.2) is 22.7 Å². The Morgan fingerprint density at radius 2 is 1.44 bits per heavy atom. The maximum atomic E-state index is 12.7. The maximum absolute atomic E-state index is 12.7. The number of carbonyl (C=O) groups excluding carboxylic acids is 1. The zero-order valence-electron chi connectivity index (χ0n) is 23.8. The molecule has 0 aliphatic heterocycles. The fourth-order valence-corrected chi connectivity index (χ4v) is 6.10. The van der Waals surface area contributed by atoms with E-state index in [1.54, 1.807) is 0 Å². The first-order valence-electron chi connectivity index (χ1n) is 12.5. The first-order chi connectivity index (χ1) is 16.4. The maximum Gasteiger partial charge on any atom is 0.358 e. The van der Waals surface area contributed by atoms with Crippen LogP contribution in [-0.4, -0.2) is 53.3 Å². The molecule has 202 valence electrons. The highest BCUT2D eigenvalue weighted by atomic mass is 32.1. The Kier molecular flexibility index (Phi) is 9.78. The third-order valence-electron chi connectivity index (χ3n) is 7.59. The normalized spacial score (nSPS) is 21.4. The van der Waals surface area contributed by atoms with Crippen LogP contribution < -0.4 is 4.74 Å². The first kappa shape index (κ1) is 30.7. The summed E-state index contributed by atoms with van der Waals surface area (Å²) in [5.41, 5.74) is 0.527. The fourth-order valence-electron chi connectivity index (χ4n) is 3.33. The van der Waals surface area contributed by atoms with Crippen LogP contribution in [-0.2, 0) is 23.1 Å². The third kappa shape index (κ3) is 7.74. The predicted octanol–water partition coefficient (Wildman–Crippen LogP) is 7.02. The minimum Gasteiger partial charge on any atom is -0.466 e. The first-order valence-corrected chi connectivity index (χ1v) is 18.7. The molecule has 9 heteroatoms. The molecule has 0 unspecified atom stereocenters. The summed E-state index contributed by atoms with van der Waals surface area (Å²) in [5, 5.41) is -0.0970. The summed E-state index contributed by atoms with van der Waals surface area (Å²) in [7, 11) is -3.12. The molecule has 0 amide bonds. The van der Waals surface area contributed by atoms with E-state index in [1.807, 2.05) is 36.4 Å². The Bertz CT molecular complexity index is 947. The van der Waals surface area contributed by atoms with E-state index < -0.39 is 34.9 Å². The number of esters is 1. The monoisotopic (exact) mass is 552 g/mol. The molecule has 0 heterocycles. The van der Waals surface area contributed by atoms with E-state index in [0.29, 0.717) is 17.7 Å². The zero-order chi connectivity index (χ0) is 27.5. The van der Waals surface area contributed by atoms with E-state index in [-0.39, 0.29) is 21.3 Å². The number of carbonyl (C=O) groups is 1. The molecule has 0 saturated carbocycles. The van der Waals surface area contributed by atoms with Gasteiger partial charge in [0.2, 0.25) is 0 Å². The van der Waals surface area contributed by atoms with Crippen LogP contribution >= 0.6 is 12.2 Å². The van der Waals surface area contributed by atoms with Gasteiger partial charge in [0.1, 0.15) is 11.9 Å². The summed E-state index contributed by atoms with van der Waals surface area (Å²) >= 11 is 5.51. The Balaban J connectivity index is 2.50. The van der Waals surface area contributed by atoms with Crippen LogP contribution in [0.5, 0.6) is 5.75 Å². The largest absolute Gasteiger partial charge is 0.466 e. The number of hydrogen-bond acceptors (Lipinski definition) is 7. The molecule has 0 N–H and O–H groups in total. The summed E-state index contributed by atoms with van der Waals surface area (Å²) < 4.78 is 30.9. The SMILES string of the molecule is COC(=O)C1=C[C@@H](O[Si](C)(C)C(C)(C)C)[C@@H](OC(=S)Oc2ccccc2)[C@H](O[Si](C)(C)C(C)(C)C)C1. The van der Waals surface area contributed by atoms with Gasteiger partial charge in [0, 0.05) is 24.2 Å². The second kappa shape index (κ2) is 11.5. The Morgan fingerprint density at radius 1 is 0.917 bits per heavy atom. The van der Waals surface area contributed by atoms with Crippen molar-refractivity contribution in [2.75, 3.05) is 7.11 Å². The molecule has 0 radical (unpaired) electrons. The molecule has 36 heavy (non-hydrogen) atoms. The second-order valence-electron chi connectivity index (χ2n) is 12.4. The van der Waals surface area contributed by atoms with E-state index in [4.69, 9.17) is 35.3 Å². The number of rotatable bonds is 7. The highest BCUT2D eigenvalue weighted by molar-refractivity contribution is 7.79. The van der Waals surface area contributed by atoms with Gasteiger partial charge in [0.25, 0.3) is 0 Å². The van der Waals surface area contributed by atoms with Gasteiger partial charge in [-0.05, 0) is 54.5 Å². The highest BCUT2D eigenvalue weighted by Crippen LogP contribution is 2.42. The number of ether oxygens (including phenoxy) is 3. The lowest BCUT2D eigenvalue weighted by Crippen LogP contribution is -2.56. The quantitative estimate of drug-likeness (QED) is 0.205. The molecule has 1 aromatic carbocycles. The van der Waals surface area contributed by atoms with Crippen LogP contribution in [0.4, 0.5) is 0 Å². The molecule has 1 aliphatic rings. The predicted molar refractivity (Wildman–Crippen MR) is 153 cm³/mol. The van der Waals surface area contributed by atoms with Gasteiger partial charge in [0.05, 0.1) is 13.2 Å². The lowest BCUT2D eigenvalue weighted by molar-refractivity contribution is -0.137. The number of para-hydroxylation sites is 1. The van der Waals surface area contributed by atoms with Gasteiger partial charge >= 0.3 is 11.2 Å². The molecule has 2 rings (SSSR count). The van der Waals surface area contributed by atoms with Crippen molar-refractivity contribution in [1.82, 2.24) is 0 Å². The van der Waals surface area contributed by atoms with Gasteiger partial charge in [-0.1, -0.05) is 59.7 Å². The molecular weight excluding hydrogens is 509 g/mol. The topological polar surface area (TPSA) is 63.2 Å². The van der Waals surface area contributed by atoms with E-state index in [9.17, 15) is 4.79 Å². The van der Waals surface area contributed by atoms with Crippen LogP contribution in [0.2, 0.25) is 36.3 Å². The Labute approximate surface area is 224 Å². The molecule has 6 nitrogen and oxygen atoms in total. The molecule has 1 aromatic rings. The lowest BCUT2D eigenvalue weighted by Gasteiger charge is -2.46. The summed E-state index contributed by atoms with van der Waals surface area (Å²) in [6.07, 6.45) is 0.568. The van der Waals surface area contributed by atoms with E-state index in [0.717, 1.165) is 0 Å². The van der Waals surface area contributed by atoms with Crippen LogP contribution in [0, 0.1) is 0 Å². The summed E-state index contributed by atoms with van der Waals surface area (Å²) in [6.45, 7) is 21.8. The molecular formula is C27H44O6SSi2. The van der Waals surface area contributed by atoms with Crippen molar-refractivity contribution in [2.24, 2.45) is 0 Å². The number of benzene rings is 1. The molecule has 0 bridgehead atoms. The van der Waals surface area contributed by atoms with Gasteiger partial charge in [-0.3, -0.25) is 0 Å². The highest BCUT2D eigenvalue weighted by Gasteiger charge is 2.48. The minimum absolute atomic E-state index is 0.00576. The second-order valence-corrected chi connectivity index (χ2v) is 22.2. The van der Waals surface area contributed by atoms with Crippen LogP contribution in [0.3, 0.4) is 0 Å². The molecule has 0 aromatic heterocycles. The molecule has 0 saturated heterocycles. The minimum atomic E-state index is -2.26. The van der Waals surface area contributed by atoms with E-state index in [1.165, 1.54) is 7.11 Å². The van der Waals surface area contributed by atoms with Gasteiger partial charge in [-0.2, -0.15) is 0 Å². The van der Waals surface area contributed by atoms with Crippen molar-refractivity contribution in [1.29, 1.82) is 0 Å². The summed E-state index contributed by atoms with van der Waals surface area (Å²) in [6, 6.07) is 9.29. The van der Waals surface area contributed by atoms with Crippen molar-refractivity contribution in [2.45, 2.75) is 103 Å². The van der Waals surface area contributed by atoms with Crippen molar-refractivity contribution in [3.05, 3.63) is 42.0 Å². The van der Waals surface area contributed by atoms with Gasteiger partial charge in [-0.25, -0.2) is 4.79 Å². The lowest BCUT2D eigenvalue weighted by atomic mass is 9.92. The zero-order valence-corrected chi connectivity index (χ0v) is 26.6. The van der Waals surface area contributed by atoms with Crippen LogP contribution in [0.1, 0.15) is 48.0 Å². The molecule has 3 atom stereocenters. The average Bonchev–Trinajstić information content (AvgIpc) is 2.73. The van der Waals surface area contributed by atoms with Crippen LogP contribution in [0.15, 0.2) is 42.0 Å². The smallest absolute Gasteiger partial charge is 0.358 e. The Morgan fingerprint density at radius 3 is 1.94 bits per heavy atom. The summed E-state index contributed by atoms with van der Waals surface area (Å²) in [4.78, 5) is 12.7. The van der Waals surface area contributed by atoms with E-state index in [2.05, 4.69) is 67.7 Å². The molecule has 0 fully saturated rings. The van der Waals surface area contributed by atoms with Crippen LogP contribution in [0.25, 0.3) is 0 Å². The Hall–Kier alpha value is -1.53. The third-order valence-corrected chi connectivity index (χ3v) is 16.7. The van der Waals surface area contributed by atoms with Crippen molar-refractivity contribution < 1.29 is 27.9 Å². The molecule has 0 spiro atoms. The van der Waals surface area contributed by atoms with Gasteiger partial charge in [-0.15, -0.1) is 0 Å². The molecule has 1 aliphatic carbocycles. The van der Waals surface area contributed by atoms with Crippen molar-refractivity contribution >= 4 is 40.1 Å². The number of methoxy groups -OCH3 is 1. The van der Waals surface area contributed by atoms with Crippen molar-refractivity contribution in [3.63, 3.8) is 0 Å². The van der Waals surface area contributed by atoms with Crippen molar-refractivity contribution in [3.8, 4) is 5.75 Å². The van der Waals surface area contributed by atoms with E-state index >= 15 is 0 Å². The summed E-state index contributed by atoms with van der Waals surface area (Å²) in [5.74, 6) is 0.206. The average molecular weight is 553 g/mol. The number of hydrogen-bond donors (Lipinski definition) is 0. The number of thiocarbonyl (C=S) groups is 1.